The lowest BCUT2D eigenvalue weighted by atomic mass is 10.3. The Labute approximate surface area is 63.8 Å². The Hall–Kier alpha value is -0.560. The summed E-state index contributed by atoms with van der Waals surface area (Å²) in [5.74, 6) is 0. The fourth-order valence-electron chi connectivity index (χ4n) is 0.667. The van der Waals surface area contributed by atoms with Gasteiger partial charge in [-0.1, -0.05) is 17.7 Å². The van der Waals surface area contributed by atoms with Gasteiger partial charge in [0.1, 0.15) is 0 Å². The van der Waals surface area contributed by atoms with Gasteiger partial charge < -0.3 is 5.32 Å². The first kappa shape index (κ1) is 9.44. The van der Waals surface area contributed by atoms with E-state index in [-0.39, 0.29) is 0 Å². The fourth-order valence-corrected chi connectivity index (χ4v) is 0.667. The second-order valence-electron chi connectivity index (χ2n) is 2.56. The standard InChI is InChI=1S/C9H17N/c1-4-7-10-8-5-6-9(2)3/h4,6,10H,1,5,7-8H2,2-3H3. The van der Waals surface area contributed by atoms with Gasteiger partial charge in [0.15, 0.2) is 0 Å². The third kappa shape index (κ3) is 7.44. The molecule has 0 unspecified atom stereocenters. The van der Waals surface area contributed by atoms with E-state index in [1.54, 1.807) is 0 Å². The SMILES string of the molecule is C=CCNCCC=C(C)C. The predicted molar refractivity (Wildman–Crippen MR) is 47.1 cm³/mol. The zero-order valence-electron chi connectivity index (χ0n) is 6.98. The van der Waals surface area contributed by atoms with Gasteiger partial charge in [0.05, 0.1) is 0 Å². The summed E-state index contributed by atoms with van der Waals surface area (Å²) in [7, 11) is 0. The number of rotatable bonds is 5. The van der Waals surface area contributed by atoms with Gasteiger partial charge in [0.25, 0.3) is 0 Å². The first-order chi connectivity index (χ1) is 4.77. The highest BCUT2D eigenvalue weighted by Gasteiger charge is 1.80. The smallest absolute Gasteiger partial charge is 0.0132 e. The monoisotopic (exact) mass is 139 g/mol. The van der Waals surface area contributed by atoms with Crippen molar-refractivity contribution in [3.05, 3.63) is 24.3 Å². The Morgan fingerprint density at radius 2 is 2.20 bits per heavy atom. The van der Waals surface area contributed by atoms with Crippen LogP contribution in [0.4, 0.5) is 0 Å². The molecule has 10 heavy (non-hydrogen) atoms. The quantitative estimate of drug-likeness (QED) is 0.454. The molecule has 0 aliphatic rings. The van der Waals surface area contributed by atoms with Gasteiger partial charge in [0, 0.05) is 6.54 Å². The van der Waals surface area contributed by atoms with Gasteiger partial charge in [-0.3, -0.25) is 0 Å². The van der Waals surface area contributed by atoms with E-state index in [1.807, 2.05) is 6.08 Å². The summed E-state index contributed by atoms with van der Waals surface area (Å²) >= 11 is 0. The lowest BCUT2D eigenvalue weighted by Gasteiger charge is -1.96. The van der Waals surface area contributed by atoms with Crippen LogP contribution in [0, 0.1) is 0 Å². The molecule has 1 N–H and O–H groups in total. The van der Waals surface area contributed by atoms with Crippen molar-refractivity contribution in [2.24, 2.45) is 0 Å². The Kier molecular flexibility index (Phi) is 6.19. The molecule has 1 heteroatoms. The molecule has 0 heterocycles. The maximum absolute atomic E-state index is 3.62. The molecular formula is C9H17N. The van der Waals surface area contributed by atoms with Gasteiger partial charge in [-0.25, -0.2) is 0 Å². The molecule has 0 aromatic heterocycles. The number of hydrogen-bond acceptors (Lipinski definition) is 1. The molecular weight excluding hydrogens is 122 g/mol. The highest BCUT2D eigenvalue weighted by Crippen LogP contribution is 1.90. The molecule has 0 spiro atoms. The summed E-state index contributed by atoms with van der Waals surface area (Å²) in [6, 6.07) is 0. The van der Waals surface area contributed by atoms with Gasteiger partial charge in [-0.05, 0) is 26.8 Å². The minimum Gasteiger partial charge on any atom is -0.313 e. The van der Waals surface area contributed by atoms with E-state index >= 15 is 0 Å². The topological polar surface area (TPSA) is 12.0 Å². The summed E-state index contributed by atoms with van der Waals surface area (Å²) in [6.07, 6.45) is 5.23. The molecule has 1 nitrogen and oxygen atoms in total. The summed E-state index contributed by atoms with van der Waals surface area (Å²) in [6.45, 7) is 9.82. The maximum atomic E-state index is 3.62. The summed E-state index contributed by atoms with van der Waals surface area (Å²) in [5, 5.41) is 3.23. The molecule has 58 valence electrons. The van der Waals surface area contributed by atoms with Gasteiger partial charge >= 0.3 is 0 Å². The third-order valence-electron chi connectivity index (χ3n) is 1.16. The number of allylic oxidation sites excluding steroid dienone is 1. The van der Waals surface area contributed by atoms with E-state index in [0.29, 0.717) is 0 Å². The van der Waals surface area contributed by atoms with Crippen LogP contribution in [0.2, 0.25) is 0 Å². The van der Waals surface area contributed by atoms with Crippen LogP contribution in [-0.2, 0) is 0 Å². The summed E-state index contributed by atoms with van der Waals surface area (Å²) < 4.78 is 0. The van der Waals surface area contributed by atoms with Crippen molar-refractivity contribution in [3.63, 3.8) is 0 Å². The third-order valence-corrected chi connectivity index (χ3v) is 1.16. The van der Waals surface area contributed by atoms with Crippen molar-refractivity contribution in [2.75, 3.05) is 13.1 Å². The van der Waals surface area contributed by atoms with Crippen LogP contribution < -0.4 is 5.32 Å². The van der Waals surface area contributed by atoms with E-state index in [4.69, 9.17) is 0 Å². The van der Waals surface area contributed by atoms with Crippen LogP contribution in [0.3, 0.4) is 0 Å². The minimum absolute atomic E-state index is 0.913. The average molecular weight is 139 g/mol. The van der Waals surface area contributed by atoms with Crippen molar-refractivity contribution in [2.45, 2.75) is 20.3 Å². The highest BCUT2D eigenvalue weighted by molar-refractivity contribution is 4.93. The van der Waals surface area contributed by atoms with Gasteiger partial charge in [-0.15, -0.1) is 6.58 Å². The Balaban J connectivity index is 3.05. The largest absolute Gasteiger partial charge is 0.313 e. The molecule has 0 aromatic carbocycles. The van der Waals surface area contributed by atoms with E-state index < -0.39 is 0 Å². The van der Waals surface area contributed by atoms with Crippen LogP contribution >= 0.6 is 0 Å². The van der Waals surface area contributed by atoms with Gasteiger partial charge in [0.2, 0.25) is 0 Å². The predicted octanol–water partition coefficient (Wildman–Crippen LogP) is 2.12. The van der Waals surface area contributed by atoms with E-state index in [2.05, 4.69) is 31.8 Å². The van der Waals surface area contributed by atoms with Crippen LogP contribution in [0.5, 0.6) is 0 Å². The van der Waals surface area contributed by atoms with E-state index in [0.717, 1.165) is 19.5 Å². The molecule has 0 rings (SSSR count). The molecule has 0 atom stereocenters. The van der Waals surface area contributed by atoms with Crippen molar-refractivity contribution >= 4 is 0 Å². The fraction of sp³-hybridized carbons (Fsp3) is 0.556. The first-order valence-electron chi connectivity index (χ1n) is 3.72. The minimum atomic E-state index is 0.913. The zero-order chi connectivity index (χ0) is 7.82. The second kappa shape index (κ2) is 6.56. The van der Waals surface area contributed by atoms with E-state index in [9.17, 15) is 0 Å². The molecule has 0 aromatic rings. The van der Waals surface area contributed by atoms with Crippen LogP contribution in [-0.4, -0.2) is 13.1 Å². The van der Waals surface area contributed by atoms with E-state index in [1.165, 1.54) is 5.57 Å². The number of nitrogens with one attached hydrogen (secondary N) is 1. The van der Waals surface area contributed by atoms with Crippen LogP contribution in [0.1, 0.15) is 20.3 Å². The summed E-state index contributed by atoms with van der Waals surface area (Å²) in [5.41, 5.74) is 1.39. The molecule has 0 amide bonds. The lowest BCUT2D eigenvalue weighted by Crippen LogP contribution is -2.13. The molecule has 0 saturated carbocycles. The molecule has 0 aliphatic heterocycles. The van der Waals surface area contributed by atoms with Crippen molar-refractivity contribution < 1.29 is 0 Å². The number of hydrogen-bond donors (Lipinski definition) is 1. The van der Waals surface area contributed by atoms with Crippen molar-refractivity contribution in [1.82, 2.24) is 5.32 Å². The van der Waals surface area contributed by atoms with Crippen molar-refractivity contribution in [3.8, 4) is 0 Å². The average Bonchev–Trinajstić information content (AvgIpc) is 1.87. The second-order valence-corrected chi connectivity index (χ2v) is 2.56. The zero-order valence-corrected chi connectivity index (χ0v) is 6.98. The molecule has 0 saturated heterocycles. The summed E-state index contributed by atoms with van der Waals surface area (Å²) in [4.78, 5) is 0. The molecule has 0 bridgehead atoms. The highest BCUT2D eigenvalue weighted by atomic mass is 14.8. The Bertz CT molecular complexity index is 110. The Morgan fingerprint density at radius 3 is 2.70 bits per heavy atom. The maximum Gasteiger partial charge on any atom is 0.0132 e. The van der Waals surface area contributed by atoms with Crippen LogP contribution in [0.25, 0.3) is 0 Å². The first-order valence-corrected chi connectivity index (χ1v) is 3.72. The normalized spacial score (nSPS) is 9.00. The van der Waals surface area contributed by atoms with Gasteiger partial charge in [-0.2, -0.15) is 0 Å². The molecule has 0 fully saturated rings. The van der Waals surface area contributed by atoms with Crippen molar-refractivity contribution in [1.29, 1.82) is 0 Å². The molecule has 0 radical (unpaired) electrons. The molecule has 0 aliphatic carbocycles. The Morgan fingerprint density at radius 1 is 1.50 bits per heavy atom. The lowest BCUT2D eigenvalue weighted by molar-refractivity contribution is 0.755. The van der Waals surface area contributed by atoms with Crippen LogP contribution in [0.15, 0.2) is 24.3 Å².